The molecule has 0 unspecified atom stereocenters. The Kier molecular flexibility index (Phi) is 6.41. The number of anilines is 6. The Morgan fingerprint density at radius 2 is 1.00 bits per heavy atom. The fraction of sp³-hybridized carbons (Fsp3) is 0.0588. The van der Waals surface area contributed by atoms with Crippen LogP contribution in [0.15, 0.2) is 132 Å². The zero-order valence-electron chi connectivity index (χ0n) is 22.6. The maximum atomic E-state index is 4.34. The zero-order valence-corrected chi connectivity index (χ0v) is 23.5. The van der Waals surface area contributed by atoms with Gasteiger partial charge in [0.25, 0.3) is 0 Å². The zero-order chi connectivity index (χ0) is 27.8. The van der Waals surface area contributed by atoms with Gasteiger partial charge in [-0.3, -0.25) is 19.9 Å². The van der Waals surface area contributed by atoms with E-state index >= 15 is 0 Å². The van der Waals surface area contributed by atoms with Crippen molar-refractivity contribution < 1.29 is 0 Å². The molecule has 0 spiro atoms. The summed E-state index contributed by atoms with van der Waals surface area (Å²) < 4.78 is 0. The molecule has 6 aromatic rings. The van der Waals surface area contributed by atoms with Crippen molar-refractivity contribution in [1.82, 2.24) is 19.9 Å². The second-order valence-electron chi connectivity index (χ2n) is 9.88. The summed E-state index contributed by atoms with van der Waals surface area (Å²) in [5, 5.41) is 0. The molecule has 0 saturated carbocycles. The van der Waals surface area contributed by atoms with Gasteiger partial charge >= 0.3 is 0 Å². The molecule has 2 aromatic carbocycles. The molecule has 0 bridgehead atoms. The number of pyridine rings is 4. The van der Waals surface area contributed by atoms with Crippen molar-refractivity contribution in [3.05, 3.63) is 133 Å². The van der Waals surface area contributed by atoms with E-state index in [0.29, 0.717) is 0 Å². The molecule has 0 saturated heterocycles. The van der Waals surface area contributed by atoms with Crippen LogP contribution in [0.2, 0.25) is 0 Å². The lowest BCUT2D eigenvalue weighted by Gasteiger charge is -2.32. The Hall–Kier alpha value is -5.01. The predicted octanol–water partition coefficient (Wildman–Crippen LogP) is 8.95. The molecule has 5 heterocycles. The molecule has 0 amide bonds. The van der Waals surface area contributed by atoms with Gasteiger partial charge in [-0.25, -0.2) is 0 Å². The SMILES string of the molecule is Cc1cnccc1N(c1ccc(-c2ccc(N3c4ccncc4Sc4cnccc43)cc2)cc1)c1ccncc1C. The number of fused-ring (bicyclic) bond motifs is 2. The number of hydrogen-bond acceptors (Lipinski definition) is 7. The minimum Gasteiger partial charge on any atom is -0.310 e. The van der Waals surface area contributed by atoms with Gasteiger partial charge in [-0.15, -0.1) is 0 Å². The summed E-state index contributed by atoms with van der Waals surface area (Å²) in [4.78, 5) is 24.1. The molecule has 0 radical (unpaired) electrons. The second-order valence-corrected chi connectivity index (χ2v) is 11.0. The highest BCUT2D eigenvalue weighted by molar-refractivity contribution is 7.99. The first kappa shape index (κ1) is 25.0. The molecular weight excluding hydrogens is 524 g/mol. The van der Waals surface area contributed by atoms with Gasteiger partial charge in [0.15, 0.2) is 0 Å². The third-order valence-corrected chi connectivity index (χ3v) is 8.34. The topological polar surface area (TPSA) is 58.0 Å². The Morgan fingerprint density at radius 1 is 0.537 bits per heavy atom. The second kappa shape index (κ2) is 10.5. The van der Waals surface area contributed by atoms with Gasteiger partial charge in [-0.05, 0) is 84.6 Å². The summed E-state index contributed by atoms with van der Waals surface area (Å²) in [5.74, 6) is 0. The largest absolute Gasteiger partial charge is 0.310 e. The average molecular weight is 551 g/mol. The Bertz CT molecular complexity index is 1760. The highest BCUT2D eigenvalue weighted by Crippen LogP contribution is 2.50. The summed E-state index contributed by atoms with van der Waals surface area (Å²) in [6.07, 6.45) is 15.0. The van der Waals surface area contributed by atoms with Gasteiger partial charge in [0.1, 0.15) is 0 Å². The maximum absolute atomic E-state index is 4.34. The maximum Gasteiger partial charge on any atom is 0.0632 e. The standard InChI is InChI=1S/C34H26N6S/c1-23-19-35-15-11-29(23)39(30-12-16-36-20-24(30)2)27-7-3-25(4-8-27)26-5-9-28(10-6-26)40-31-13-17-37-21-33(31)41-34-22-38-18-14-32(34)40/h3-22H,1-2H3. The van der Waals surface area contributed by atoms with Crippen LogP contribution in [-0.4, -0.2) is 19.9 Å². The minimum atomic E-state index is 1.08. The quantitative estimate of drug-likeness (QED) is 0.212. The first-order valence-corrected chi connectivity index (χ1v) is 14.2. The van der Waals surface area contributed by atoms with Crippen molar-refractivity contribution in [2.24, 2.45) is 0 Å². The van der Waals surface area contributed by atoms with E-state index in [9.17, 15) is 0 Å². The van der Waals surface area contributed by atoms with Gasteiger partial charge in [0.2, 0.25) is 0 Å². The molecule has 0 aliphatic carbocycles. The van der Waals surface area contributed by atoms with E-state index in [1.165, 1.54) is 0 Å². The van der Waals surface area contributed by atoms with Crippen molar-refractivity contribution in [3.63, 3.8) is 0 Å². The van der Waals surface area contributed by atoms with E-state index in [2.05, 4.69) is 116 Å². The van der Waals surface area contributed by atoms with Crippen molar-refractivity contribution in [1.29, 1.82) is 0 Å². The summed E-state index contributed by atoms with van der Waals surface area (Å²) in [6, 6.07) is 25.7. The van der Waals surface area contributed by atoms with Crippen molar-refractivity contribution >= 4 is 45.9 Å². The van der Waals surface area contributed by atoms with Crippen LogP contribution in [0.25, 0.3) is 11.1 Å². The number of aryl methyl sites for hydroxylation is 2. The van der Waals surface area contributed by atoms with E-state index in [1.807, 2.05) is 49.6 Å². The van der Waals surface area contributed by atoms with Crippen LogP contribution >= 0.6 is 11.8 Å². The fourth-order valence-corrected chi connectivity index (χ4v) is 6.24. The van der Waals surface area contributed by atoms with Crippen LogP contribution in [0.3, 0.4) is 0 Å². The van der Waals surface area contributed by atoms with Crippen LogP contribution < -0.4 is 9.80 Å². The fourth-order valence-electron chi connectivity index (χ4n) is 5.25. The molecule has 41 heavy (non-hydrogen) atoms. The van der Waals surface area contributed by atoms with E-state index in [1.54, 1.807) is 11.8 Å². The average Bonchev–Trinajstić information content (AvgIpc) is 3.02. The van der Waals surface area contributed by atoms with Crippen molar-refractivity contribution in [2.45, 2.75) is 23.6 Å². The van der Waals surface area contributed by atoms with Gasteiger partial charge in [0, 0.05) is 60.9 Å². The monoisotopic (exact) mass is 550 g/mol. The first-order valence-electron chi connectivity index (χ1n) is 13.4. The molecule has 6 nitrogen and oxygen atoms in total. The number of nitrogens with zero attached hydrogens (tertiary/aromatic N) is 6. The lowest BCUT2D eigenvalue weighted by atomic mass is 10.0. The van der Waals surface area contributed by atoms with Crippen molar-refractivity contribution in [3.8, 4) is 11.1 Å². The van der Waals surface area contributed by atoms with Crippen molar-refractivity contribution in [2.75, 3.05) is 9.80 Å². The highest BCUT2D eigenvalue weighted by atomic mass is 32.2. The first-order chi connectivity index (χ1) is 20.2. The molecule has 0 atom stereocenters. The Labute approximate surface area is 243 Å². The molecule has 0 fully saturated rings. The summed E-state index contributed by atoms with van der Waals surface area (Å²) in [6.45, 7) is 4.18. The normalized spacial score (nSPS) is 12.0. The van der Waals surface area contributed by atoms with E-state index in [0.717, 1.165) is 66.2 Å². The van der Waals surface area contributed by atoms with Gasteiger partial charge in [-0.1, -0.05) is 36.0 Å². The highest BCUT2D eigenvalue weighted by Gasteiger charge is 2.25. The molecule has 4 aromatic heterocycles. The molecule has 7 rings (SSSR count). The summed E-state index contributed by atoms with van der Waals surface area (Å²) in [5.41, 5.74) is 11.1. The van der Waals surface area contributed by atoms with E-state index in [-0.39, 0.29) is 0 Å². The third kappa shape index (κ3) is 4.60. The van der Waals surface area contributed by atoms with Crippen LogP contribution in [-0.2, 0) is 0 Å². The summed E-state index contributed by atoms with van der Waals surface area (Å²) in [7, 11) is 0. The number of rotatable bonds is 5. The van der Waals surface area contributed by atoms with Gasteiger partial charge in [0.05, 0.1) is 32.5 Å². The predicted molar refractivity (Wildman–Crippen MR) is 166 cm³/mol. The van der Waals surface area contributed by atoms with Gasteiger partial charge in [-0.2, -0.15) is 0 Å². The smallest absolute Gasteiger partial charge is 0.0632 e. The lowest BCUT2D eigenvalue weighted by Crippen LogP contribution is -2.15. The van der Waals surface area contributed by atoms with Crippen LogP contribution in [0.4, 0.5) is 34.1 Å². The third-order valence-electron chi connectivity index (χ3n) is 7.27. The van der Waals surface area contributed by atoms with Crippen LogP contribution in [0.5, 0.6) is 0 Å². The molecule has 0 N–H and O–H groups in total. The Balaban J connectivity index is 1.23. The molecular formula is C34H26N6S. The lowest BCUT2D eigenvalue weighted by molar-refractivity contribution is 1.10. The van der Waals surface area contributed by atoms with Crippen LogP contribution in [0, 0.1) is 13.8 Å². The molecule has 1 aliphatic rings. The molecule has 198 valence electrons. The van der Waals surface area contributed by atoms with E-state index in [4.69, 9.17) is 0 Å². The number of aromatic nitrogens is 4. The van der Waals surface area contributed by atoms with Gasteiger partial charge < -0.3 is 9.80 Å². The number of hydrogen-bond donors (Lipinski definition) is 0. The Morgan fingerprint density at radius 3 is 1.51 bits per heavy atom. The molecule has 7 heteroatoms. The number of benzene rings is 2. The minimum absolute atomic E-state index is 1.08. The van der Waals surface area contributed by atoms with E-state index < -0.39 is 0 Å². The summed E-state index contributed by atoms with van der Waals surface area (Å²) >= 11 is 1.71. The molecule has 1 aliphatic heterocycles. The van der Waals surface area contributed by atoms with Crippen LogP contribution in [0.1, 0.15) is 11.1 Å².